The lowest BCUT2D eigenvalue weighted by Gasteiger charge is -2.20. The highest BCUT2D eigenvalue weighted by Crippen LogP contribution is 2.23. The van der Waals surface area contributed by atoms with E-state index in [-0.39, 0.29) is 22.5 Å². The van der Waals surface area contributed by atoms with E-state index in [2.05, 4.69) is 15.8 Å². The Morgan fingerprint density at radius 3 is 2.43 bits per heavy atom. The first-order valence-electron chi connectivity index (χ1n) is 11.7. The molecule has 0 aliphatic heterocycles. The molecule has 2 N–H and O–H groups in total. The molecule has 0 aliphatic carbocycles. The van der Waals surface area contributed by atoms with E-state index in [1.807, 2.05) is 6.92 Å². The fourth-order valence-electron chi connectivity index (χ4n) is 3.28. The van der Waals surface area contributed by atoms with Crippen molar-refractivity contribution in [3.63, 3.8) is 0 Å². The maximum atomic E-state index is 12.7. The topological polar surface area (TPSA) is 110 Å². The quantitative estimate of drug-likeness (QED) is 0.193. The third-order valence-electron chi connectivity index (χ3n) is 5.25. The first-order chi connectivity index (χ1) is 17.7. The number of furan rings is 1. The highest BCUT2D eigenvalue weighted by molar-refractivity contribution is 6.36. The Morgan fingerprint density at radius 1 is 1.05 bits per heavy atom. The zero-order chi connectivity index (χ0) is 26.9. The van der Waals surface area contributed by atoms with Gasteiger partial charge in [0, 0.05) is 10.6 Å². The monoisotopic (exact) mass is 543 g/mol. The summed E-state index contributed by atoms with van der Waals surface area (Å²) in [5.41, 5.74) is 3.86. The van der Waals surface area contributed by atoms with Crippen molar-refractivity contribution in [2.75, 3.05) is 6.61 Å². The minimum Gasteiger partial charge on any atom is -0.462 e. The van der Waals surface area contributed by atoms with Crippen molar-refractivity contribution in [2.45, 2.75) is 33.2 Å². The van der Waals surface area contributed by atoms with Gasteiger partial charge in [-0.2, -0.15) is 5.10 Å². The summed E-state index contributed by atoms with van der Waals surface area (Å²) < 4.78 is 10.9. The first-order valence-corrected chi connectivity index (χ1v) is 12.4. The number of benzene rings is 2. The largest absolute Gasteiger partial charge is 0.462 e. The standard InChI is InChI=1S/C27H27Cl2N3O5/c1-4-13-36-27(35)18-7-5-17(6-8-18)23-12-10-20(37-23)15-30-32-26(34)24(16(2)3)31-25(33)21-11-9-19(28)14-22(21)29/h5-12,14-16,24H,4,13H2,1-3H3,(H,31,33)(H,32,34)/b30-15-. The van der Waals surface area contributed by atoms with Gasteiger partial charge in [-0.3, -0.25) is 9.59 Å². The Kier molecular flexibility index (Phi) is 9.88. The Morgan fingerprint density at radius 2 is 1.78 bits per heavy atom. The van der Waals surface area contributed by atoms with Gasteiger partial charge in [-0.25, -0.2) is 10.2 Å². The molecule has 0 saturated carbocycles. The van der Waals surface area contributed by atoms with E-state index in [9.17, 15) is 14.4 Å². The molecule has 1 atom stereocenters. The lowest BCUT2D eigenvalue weighted by Crippen LogP contribution is -2.48. The van der Waals surface area contributed by atoms with E-state index in [1.165, 1.54) is 18.3 Å². The maximum absolute atomic E-state index is 12.7. The van der Waals surface area contributed by atoms with Gasteiger partial charge < -0.3 is 14.5 Å². The summed E-state index contributed by atoms with van der Waals surface area (Å²) in [7, 11) is 0. The van der Waals surface area contributed by atoms with Gasteiger partial charge in [0.25, 0.3) is 11.8 Å². The summed E-state index contributed by atoms with van der Waals surface area (Å²) >= 11 is 12.0. The molecule has 0 radical (unpaired) electrons. The molecule has 3 aromatic rings. The van der Waals surface area contributed by atoms with Gasteiger partial charge in [0.2, 0.25) is 0 Å². The van der Waals surface area contributed by atoms with Crippen LogP contribution in [0.2, 0.25) is 10.0 Å². The van der Waals surface area contributed by atoms with Crippen LogP contribution in [0.3, 0.4) is 0 Å². The molecule has 0 saturated heterocycles. The number of carbonyl (C=O) groups is 3. The lowest BCUT2D eigenvalue weighted by atomic mass is 10.0. The second-order valence-corrected chi connectivity index (χ2v) is 9.31. The second kappa shape index (κ2) is 13.1. The van der Waals surface area contributed by atoms with E-state index in [1.54, 1.807) is 56.3 Å². The molecule has 8 nitrogen and oxygen atoms in total. The molecule has 2 aromatic carbocycles. The zero-order valence-electron chi connectivity index (χ0n) is 20.6. The Hall–Kier alpha value is -3.62. The highest BCUT2D eigenvalue weighted by atomic mass is 35.5. The van der Waals surface area contributed by atoms with Crippen molar-refractivity contribution in [3.05, 3.63) is 81.5 Å². The number of nitrogens with zero attached hydrogens (tertiary/aromatic N) is 1. The third-order valence-corrected chi connectivity index (χ3v) is 5.80. The minimum atomic E-state index is -0.855. The molecule has 1 heterocycles. The number of amides is 2. The van der Waals surface area contributed by atoms with Crippen LogP contribution < -0.4 is 10.7 Å². The molecular weight excluding hydrogens is 517 g/mol. The fourth-order valence-corrected chi connectivity index (χ4v) is 3.78. The summed E-state index contributed by atoms with van der Waals surface area (Å²) in [6.07, 6.45) is 2.11. The number of rotatable bonds is 10. The van der Waals surface area contributed by atoms with Crippen LogP contribution in [0.5, 0.6) is 0 Å². The van der Waals surface area contributed by atoms with Gasteiger partial charge in [0.1, 0.15) is 17.6 Å². The van der Waals surface area contributed by atoms with Gasteiger partial charge in [-0.1, -0.05) is 56.1 Å². The Balaban J connectivity index is 1.60. The minimum absolute atomic E-state index is 0.186. The van der Waals surface area contributed by atoms with Crippen LogP contribution in [0.15, 0.2) is 64.1 Å². The van der Waals surface area contributed by atoms with E-state index in [0.717, 1.165) is 12.0 Å². The second-order valence-electron chi connectivity index (χ2n) is 8.47. The van der Waals surface area contributed by atoms with Crippen LogP contribution in [0.1, 0.15) is 53.7 Å². The number of esters is 1. The number of ether oxygens (including phenoxy) is 1. The van der Waals surface area contributed by atoms with Gasteiger partial charge in [-0.15, -0.1) is 0 Å². The molecule has 1 aromatic heterocycles. The van der Waals surface area contributed by atoms with Gasteiger partial charge in [0.15, 0.2) is 0 Å². The molecule has 0 spiro atoms. The average Bonchev–Trinajstić information content (AvgIpc) is 3.34. The van der Waals surface area contributed by atoms with Crippen molar-refractivity contribution < 1.29 is 23.5 Å². The summed E-state index contributed by atoms with van der Waals surface area (Å²) in [6, 6.07) is 13.9. The van der Waals surface area contributed by atoms with Crippen molar-refractivity contribution in [3.8, 4) is 11.3 Å². The maximum Gasteiger partial charge on any atom is 0.338 e. The lowest BCUT2D eigenvalue weighted by molar-refractivity contribution is -0.123. The van der Waals surface area contributed by atoms with Crippen molar-refractivity contribution in [1.82, 2.24) is 10.7 Å². The number of nitrogens with one attached hydrogen (secondary N) is 2. The Labute approximate surface area is 225 Å². The zero-order valence-corrected chi connectivity index (χ0v) is 22.1. The number of hydrazone groups is 1. The van der Waals surface area contributed by atoms with Crippen molar-refractivity contribution in [2.24, 2.45) is 11.0 Å². The summed E-state index contributed by atoms with van der Waals surface area (Å²) in [5, 5.41) is 7.22. The van der Waals surface area contributed by atoms with E-state index >= 15 is 0 Å². The predicted octanol–water partition coefficient (Wildman–Crippen LogP) is 5.72. The van der Waals surface area contributed by atoms with Crippen LogP contribution in [0, 0.1) is 5.92 Å². The van der Waals surface area contributed by atoms with E-state index in [0.29, 0.717) is 28.7 Å². The molecule has 0 fully saturated rings. The molecule has 3 rings (SSSR count). The molecule has 0 aliphatic rings. The van der Waals surface area contributed by atoms with Gasteiger partial charge >= 0.3 is 5.97 Å². The molecule has 37 heavy (non-hydrogen) atoms. The average molecular weight is 544 g/mol. The van der Waals surface area contributed by atoms with Crippen LogP contribution >= 0.6 is 23.2 Å². The van der Waals surface area contributed by atoms with Gasteiger partial charge in [0.05, 0.1) is 29.0 Å². The smallest absolute Gasteiger partial charge is 0.338 e. The number of halogens is 2. The number of hydrogen-bond donors (Lipinski definition) is 2. The van der Waals surface area contributed by atoms with Crippen molar-refractivity contribution >= 4 is 47.2 Å². The van der Waals surface area contributed by atoms with Gasteiger partial charge in [-0.05, 0) is 54.8 Å². The summed E-state index contributed by atoms with van der Waals surface area (Å²) in [6.45, 7) is 5.90. The molecule has 194 valence electrons. The number of hydrogen-bond acceptors (Lipinski definition) is 6. The van der Waals surface area contributed by atoms with Crippen LogP contribution in [-0.4, -0.2) is 36.6 Å². The van der Waals surface area contributed by atoms with Crippen molar-refractivity contribution in [1.29, 1.82) is 0 Å². The first kappa shape index (κ1) is 28.0. The molecule has 0 bridgehead atoms. The predicted molar refractivity (Wildman–Crippen MR) is 143 cm³/mol. The summed E-state index contributed by atoms with van der Waals surface area (Å²) in [5.74, 6) is -0.624. The molecule has 2 amide bonds. The Bertz CT molecular complexity index is 1290. The fraction of sp³-hybridized carbons (Fsp3) is 0.259. The third kappa shape index (κ3) is 7.68. The van der Waals surface area contributed by atoms with Crippen LogP contribution in [0.4, 0.5) is 0 Å². The molecular formula is C27H27Cl2N3O5. The van der Waals surface area contributed by atoms with E-state index < -0.39 is 17.9 Å². The molecule has 1 unspecified atom stereocenters. The van der Waals surface area contributed by atoms with Crippen LogP contribution in [0.25, 0.3) is 11.3 Å². The SMILES string of the molecule is CCCOC(=O)c1ccc(-c2ccc(/C=N\NC(=O)C(NC(=O)c3ccc(Cl)cc3Cl)C(C)C)o2)cc1. The highest BCUT2D eigenvalue weighted by Gasteiger charge is 2.25. The van der Waals surface area contributed by atoms with E-state index in [4.69, 9.17) is 32.4 Å². The normalized spacial score (nSPS) is 11.9. The van der Waals surface area contributed by atoms with Crippen LogP contribution in [-0.2, 0) is 9.53 Å². The summed E-state index contributed by atoms with van der Waals surface area (Å²) in [4.78, 5) is 37.3. The number of carbonyl (C=O) groups excluding carboxylic acids is 3. The molecule has 10 heteroatoms.